The highest BCUT2D eigenvalue weighted by molar-refractivity contribution is 7.99. The molecule has 29 heavy (non-hydrogen) atoms. The minimum absolute atomic E-state index is 0.0386. The number of anilines is 1. The molecule has 1 aliphatic rings. The van der Waals surface area contributed by atoms with E-state index in [2.05, 4.69) is 30.1 Å². The highest BCUT2D eigenvalue weighted by atomic mass is 32.2. The second kappa shape index (κ2) is 11.8. The van der Waals surface area contributed by atoms with Crippen molar-refractivity contribution in [3.63, 3.8) is 0 Å². The summed E-state index contributed by atoms with van der Waals surface area (Å²) in [7, 11) is 0. The molecule has 0 bridgehead atoms. The third kappa shape index (κ3) is 8.08. The van der Waals surface area contributed by atoms with Crippen LogP contribution in [-0.4, -0.2) is 60.1 Å². The van der Waals surface area contributed by atoms with Crippen LogP contribution in [0.1, 0.15) is 33.6 Å². The zero-order chi connectivity index (χ0) is 21.2. The van der Waals surface area contributed by atoms with Gasteiger partial charge in [-0.2, -0.15) is 5.26 Å². The van der Waals surface area contributed by atoms with Crippen LogP contribution in [0.2, 0.25) is 0 Å². The number of carbonyl (C=O) groups is 2. The van der Waals surface area contributed by atoms with E-state index in [-0.39, 0.29) is 17.7 Å². The van der Waals surface area contributed by atoms with Crippen LogP contribution in [0.25, 0.3) is 0 Å². The molecular weight excluding hydrogens is 384 g/mol. The molecule has 1 atom stereocenters. The SMILES string of the molecule is CC(C)CCC(=O)N1CCN(CC(=O)Nc2ccccc2SCC(C)C#N)CC1. The number of amides is 2. The lowest BCUT2D eigenvalue weighted by Crippen LogP contribution is -2.50. The van der Waals surface area contributed by atoms with Crippen LogP contribution < -0.4 is 5.32 Å². The van der Waals surface area contributed by atoms with Gasteiger partial charge in [-0.1, -0.05) is 26.0 Å². The van der Waals surface area contributed by atoms with Crippen LogP contribution in [0.5, 0.6) is 0 Å². The third-order valence-electron chi connectivity index (χ3n) is 4.90. The van der Waals surface area contributed by atoms with E-state index < -0.39 is 0 Å². The molecule has 0 saturated carbocycles. The second-order valence-electron chi connectivity index (χ2n) is 7.97. The highest BCUT2D eigenvalue weighted by Crippen LogP contribution is 2.28. The Morgan fingerprint density at radius 3 is 2.52 bits per heavy atom. The minimum atomic E-state index is -0.0500. The van der Waals surface area contributed by atoms with E-state index in [1.165, 1.54) is 0 Å². The Balaban J connectivity index is 1.79. The lowest BCUT2D eigenvalue weighted by atomic mass is 10.1. The first-order valence-corrected chi connectivity index (χ1v) is 11.3. The molecule has 2 amide bonds. The molecule has 1 saturated heterocycles. The molecule has 0 spiro atoms. The predicted molar refractivity (Wildman–Crippen MR) is 118 cm³/mol. The number of nitrogens with one attached hydrogen (secondary N) is 1. The fraction of sp³-hybridized carbons (Fsp3) is 0.591. The van der Waals surface area contributed by atoms with Gasteiger partial charge in [-0.15, -0.1) is 11.8 Å². The van der Waals surface area contributed by atoms with Gasteiger partial charge in [0.25, 0.3) is 0 Å². The van der Waals surface area contributed by atoms with Crippen molar-refractivity contribution in [2.75, 3.05) is 43.8 Å². The highest BCUT2D eigenvalue weighted by Gasteiger charge is 2.22. The van der Waals surface area contributed by atoms with Gasteiger partial charge >= 0.3 is 0 Å². The maximum atomic E-state index is 12.5. The van der Waals surface area contributed by atoms with Gasteiger partial charge in [0.1, 0.15) is 0 Å². The third-order valence-corrected chi connectivity index (χ3v) is 6.23. The van der Waals surface area contributed by atoms with Crippen LogP contribution in [0, 0.1) is 23.2 Å². The molecule has 1 heterocycles. The number of hydrogen-bond acceptors (Lipinski definition) is 5. The number of rotatable bonds is 9. The Hall–Kier alpha value is -2.04. The van der Waals surface area contributed by atoms with Crippen molar-refractivity contribution in [2.45, 2.75) is 38.5 Å². The smallest absolute Gasteiger partial charge is 0.238 e. The first-order chi connectivity index (χ1) is 13.9. The van der Waals surface area contributed by atoms with Crippen molar-refractivity contribution in [3.8, 4) is 6.07 Å². The van der Waals surface area contributed by atoms with Crippen LogP contribution in [0.3, 0.4) is 0 Å². The van der Waals surface area contributed by atoms with Crippen molar-refractivity contribution in [2.24, 2.45) is 11.8 Å². The number of para-hydroxylation sites is 1. The van der Waals surface area contributed by atoms with Gasteiger partial charge in [0.05, 0.1) is 24.2 Å². The Morgan fingerprint density at radius 1 is 1.17 bits per heavy atom. The van der Waals surface area contributed by atoms with Gasteiger partial charge < -0.3 is 10.2 Å². The molecule has 1 aromatic rings. The van der Waals surface area contributed by atoms with E-state index in [9.17, 15) is 9.59 Å². The maximum absolute atomic E-state index is 12.5. The lowest BCUT2D eigenvalue weighted by molar-refractivity contribution is -0.133. The summed E-state index contributed by atoms with van der Waals surface area (Å²) in [6.07, 6.45) is 1.53. The van der Waals surface area contributed by atoms with Gasteiger partial charge in [0.2, 0.25) is 11.8 Å². The van der Waals surface area contributed by atoms with E-state index >= 15 is 0 Å². The fourth-order valence-corrected chi connectivity index (χ4v) is 4.02. The maximum Gasteiger partial charge on any atom is 0.238 e. The van der Waals surface area contributed by atoms with E-state index in [1.807, 2.05) is 36.1 Å². The predicted octanol–water partition coefficient (Wildman–Crippen LogP) is 3.46. The van der Waals surface area contributed by atoms with Crippen molar-refractivity contribution < 1.29 is 9.59 Å². The van der Waals surface area contributed by atoms with Gasteiger partial charge in [0.15, 0.2) is 0 Å². The Morgan fingerprint density at radius 2 is 1.86 bits per heavy atom. The zero-order valence-electron chi connectivity index (χ0n) is 17.7. The molecule has 0 aliphatic carbocycles. The number of nitrogens with zero attached hydrogens (tertiary/aromatic N) is 3. The normalized spacial score (nSPS) is 15.8. The number of benzene rings is 1. The lowest BCUT2D eigenvalue weighted by Gasteiger charge is -2.34. The van der Waals surface area contributed by atoms with E-state index in [0.29, 0.717) is 37.7 Å². The van der Waals surface area contributed by atoms with Crippen molar-refractivity contribution >= 4 is 29.3 Å². The molecule has 2 rings (SSSR count). The largest absolute Gasteiger partial charge is 0.340 e. The van der Waals surface area contributed by atoms with Crippen molar-refractivity contribution in [1.82, 2.24) is 9.80 Å². The molecule has 0 aromatic heterocycles. The van der Waals surface area contributed by atoms with Crippen LogP contribution in [0.15, 0.2) is 29.2 Å². The standard InChI is InChI=1S/C22H32N4O2S/c1-17(2)8-9-22(28)26-12-10-25(11-13-26)15-21(27)24-19-6-4-5-7-20(19)29-16-18(3)14-23/h4-7,17-18H,8-13,15-16H2,1-3H3,(H,24,27). The molecule has 1 fully saturated rings. The summed E-state index contributed by atoms with van der Waals surface area (Å²) >= 11 is 1.58. The Kier molecular flexibility index (Phi) is 9.49. The molecule has 7 heteroatoms. The van der Waals surface area contributed by atoms with Crippen LogP contribution >= 0.6 is 11.8 Å². The molecule has 1 aliphatic heterocycles. The summed E-state index contributed by atoms with van der Waals surface area (Å²) < 4.78 is 0. The topological polar surface area (TPSA) is 76.4 Å². The average molecular weight is 417 g/mol. The summed E-state index contributed by atoms with van der Waals surface area (Å²) in [5.41, 5.74) is 0.787. The van der Waals surface area contributed by atoms with Crippen molar-refractivity contribution in [3.05, 3.63) is 24.3 Å². The summed E-state index contributed by atoms with van der Waals surface area (Å²) in [4.78, 5) is 29.8. The van der Waals surface area contributed by atoms with Gasteiger partial charge in [0, 0.05) is 43.2 Å². The quantitative estimate of drug-likeness (QED) is 0.624. The number of thioether (sulfide) groups is 1. The number of carbonyl (C=O) groups excluding carboxylic acids is 2. The molecular formula is C22H32N4O2S. The molecule has 1 aromatic carbocycles. The Labute approximate surface area is 178 Å². The van der Waals surface area contributed by atoms with Crippen molar-refractivity contribution in [1.29, 1.82) is 5.26 Å². The van der Waals surface area contributed by atoms with E-state index in [0.717, 1.165) is 30.1 Å². The number of nitriles is 1. The van der Waals surface area contributed by atoms with Gasteiger partial charge in [-0.3, -0.25) is 14.5 Å². The molecule has 6 nitrogen and oxygen atoms in total. The first kappa shape index (κ1) is 23.2. The Bertz CT molecular complexity index is 724. The fourth-order valence-electron chi connectivity index (χ4n) is 3.07. The summed E-state index contributed by atoms with van der Waals surface area (Å²) in [5, 5.41) is 12.0. The van der Waals surface area contributed by atoms with E-state index in [1.54, 1.807) is 11.8 Å². The van der Waals surface area contributed by atoms with E-state index in [4.69, 9.17) is 5.26 Å². The minimum Gasteiger partial charge on any atom is -0.340 e. The monoisotopic (exact) mass is 416 g/mol. The summed E-state index contributed by atoms with van der Waals surface area (Å²) in [5.74, 6) is 1.36. The zero-order valence-corrected chi connectivity index (χ0v) is 18.5. The molecule has 158 valence electrons. The summed E-state index contributed by atoms with van der Waals surface area (Å²) in [6, 6.07) is 9.92. The molecule has 1 unspecified atom stereocenters. The van der Waals surface area contributed by atoms with Crippen LogP contribution in [0.4, 0.5) is 5.69 Å². The number of piperazine rings is 1. The van der Waals surface area contributed by atoms with Crippen LogP contribution in [-0.2, 0) is 9.59 Å². The molecule has 1 N–H and O–H groups in total. The molecule has 0 radical (unpaired) electrons. The number of hydrogen-bond donors (Lipinski definition) is 1. The van der Waals surface area contributed by atoms with Gasteiger partial charge in [-0.25, -0.2) is 0 Å². The van der Waals surface area contributed by atoms with Gasteiger partial charge in [-0.05, 0) is 31.4 Å². The second-order valence-corrected chi connectivity index (χ2v) is 9.04. The average Bonchev–Trinajstić information content (AvgIpc) is 2.71. The summed E-state index contributed by atoms with van der Waals surface area (Å²) in [6.45, 7) is 9.28. The first-order valence-electron chi connectivity index (χ1n) is 10.3.